The van der Waals surface area contributed by atoms with Crippen molar-refractivity contribution in [2.75, 3.05) is 7.11 Å². The Morgan fingerprint density at radius 2 is 2.28 bits per heavy atom. The van der Waals surface area contributed by atoms with Crippen molar-refractivity contribution in [1.82, 2.24) is 4.98 Å². The van der Waals surface area contributed by atoms with Crippen LogP contribution < -0.4 is 0 Å². The van der Waals surface area contributed by atoms with E-state index >= 15 is 0 Å². The highest BCUT2D eigenvalue weighted by Crippen LogP contribution is 2.29. The lowest BCUT2D eigenvalue weighted by Gasteiger charge is -1.99. The van der Waals surface area contributed by atoms with E-state index in [9.17, 15) is 4.79 Å². The van der Waals surface area contributed by atoms with Crippen molar-refractivity contribution in [3.8, 4) is 11.3 Å². The highest BCUT2D eigenvalue weighted by Gasteiger charge is 2.13. The van der Waals surface area contributed by atoms with Gasteiger partial charge in [-0.25, -0.2) is 4.98 Å². The number of benzene rings is 1. The van der Waals surface area contributed by atoms with Crippen molar-refractivity contribution < 1.29 is 9.53 Å². The molecule has 0 aliphatic heterocycles. The minimum atomic E-state index is -0.260. The summed E-state index contributed by atoms with van der Waals surface area (Å²) in [5.41, 5.74) is 1.98. The van der Waals surface area contributed by atoms with Crippen LogP contribution in [0.2, 0.25) is 0 Å². The monoisotopic (exact) mass is 325 g/mol. The summed E-state index contributed by atoms with van der Waals surface area (Å²) in [5.74, 6) is -0.260. The Hall–Kier alpha value is -1.20. The summed E-state index contributed by atoms with van der Waals surface area (Å²) in [7, 11) is 1.39. The fourth-order valence-corrected chi connectivity index (χ4v) is 2.97. The van der Waals surface area contributed by atoms with Crippen LogP contribution in [0.1, 0.15) is 9.88 Å². The third-order valence-electron chi connectivity index (χ3n) is 2.46. The fourth-order valence-electron chi connectivity index (χ4n) is 1.63. The molecule has 0 amide bonds. The molecule has 0 aliphatic rings. The van der Waals surface area contributed by atoms with Crippen molar-refractivity contribution in [2.24, 2.45) is 0 Å². The number of aryl methyl sites for hydroxylation is 1. The predicted molar refractivity (Wildman–Crippen MR) is 75.7 cm³/mol. The lowest BCUT2D eigenvalue weighted by Crippen LogP contribution is -2.03. The second kappa shape index (κ2) is 5.63. The average Bonchev–Trinajstić information content (AvgIpc) is 2.70. The van der Waals surface area contributed by atoms with Crippen molar-refractivity contribution >= 4 is 33.2 Å². The van der Waals surface area contributed by atoms with Crippen molar-refractivity contribution in [2.45, 2.75) is 13.3 Å². The van der Waals surface area contributed by atoms with Gasteiger partial charge in [-0.1, -0.05) is 28.1 Å². The smallest absolute Gasteiger partial charge is 0.312 e. The van der Waals surface area contributed by atoms with Crippen LogP contribution in [-0.2, 0) is 16.0 Å². The molecule has 0 fully saturated rings. The van der Waals surface area contributed by atoms with Crippen LogP contribution in [0.5, 0.6) is 0 Å². The summed E-state index contributed by atoms with van der Waals surface area (Å²) in [6.07, 6.45) is 0.232. The predicted octanol–water partition coefficient (Wildman–Crippen LogP) is 3.60. The van der Waals surface area contributed by atoms with E-state index in [0.717, 1.165) is 25.6 Å². The molecule has 0 unspecified atom stereocenters. The highest BCUT2D eigenvalue weighted by atomic mass is 79.9. The maximum atomic E-state index is 11.2. The molecule has 0 bridgehead atoms. The Kier molecular flexibility index (Phi) is 4.14. The van der Waals surface area contributed by atoms with Gasteiger partial charge in [0, 0.05) is 14.9 Å². The molecule has 0 aliphatic carbocycles. The molecule has 94 valence electrons. The largest absolute Gasteiger partial charge is 0.469 e. The van der Waals surface area contributed by atoms with E-state index in [-0.39, 0.29) is 12.4 Å². The number of thiazole rings is 1. The lowest BCUT2D eigenvalue weighted by atomic mass is 10.1. The summed E-state index contributed by atoms with van der Waals surface area (Å²) >= 11 is 4.98. The number of methoxy groups -OCH3 is 1. The van der Waals surface area contributed by atoms with Gasteiger partial charge in [0.1, 0.15) is 5.01 Å². The molecule has 0 radical (unpaired) electrons. The molecule has 1 heterocycles. The Labute approximate surface area is 118 Å². The lowest BCUT2D eigenvalue weighted by molar-refractivity contribution is -0.139. The zero-order chi connectivity index (χ0) is 13.1. The van der Waals surface area contributed by atoms with E-state index in [0.29, 0.717) is 0 Å². The molecule has 0 saturated carbocycles. The maximum absolute atomic E-state index is 11.2. The summed E-state index contributed by atoms with van der Waals surface area (Å²) in [5, 5.41) is 0.786. The molecule has 0 saturated heterocycles. The van der Waals surface area contributed by atoms with Crippen LogP contribution >= 0.6 is 27.3 Å². The van der Waals surface area contributed by atoms with Gasteiger partial charge in [-0.15, -0.1) is 11.3 Å². The van der Waals surface area contributed by atoms with E-state index in [2.05, 4.69) is 25.7 Å². The zero-order valence-electron chi connectivity index (χ0n) is 10.1. The van der Waals surface area contributed by atoms with Crippen LogP contribution in [0.3, 0.4) is 0 Å². The van der Waals surface area contributed by atoms with Crippen LogP contribution in [0.25, 0.3) is 11.3 Å². The normalized spacial score (nSPS) is 10.4. The first-order chi connectivity index (χ1) is 8.60. The van der Waals surface area contributed by atoms with Crippen LogP contribution in [0.15, 0.2) is 28.7 Å². The quantitative estimate of drug-likeness (QED) is 0.809. The standard InChI is InChI=1S/C13H12BrNO2S/c1-8-13(9-4-3-5-10(14)6-9)15-11(18-8)7-12(16)17-2/h3-6H,7H2,1-2H3. The Morgan fingerprint density at radius 3 is 2.94 bits per heavy atom. The van der Waals surface area contributed by atoms with Gasteiger partial charge in [-0.2, -0.15) is 0 Å². The first-order valence-electron chi connectivity index (χ1n) is 5.39. The van der Waals surface area contributed by atoms with Gasteiger partial charge < -0.3 is 4.74 Å². The van der Waals surface area contributed by atoms with Gasteiger partial charge in [-0.3, -0.25) is 4.79 Å². The number of carbonyl (C=O) groups is 1. The third kappa shape index (κ3) is 2.97. The zero-order valence-corrected chi connectivity index (χ0v) is 12.5. The van der Waals surface area contributed by atoms with Gasteiger partial charge >= 0.3 is 5.97 Å². The van der Waals surface area contributed by atoms with Gasteiger partial charge in [0.05, 0.1) is 19.2 Å². The number of halogens is 1. The second-order valence-corrected chi connectivity index (χ2v) is 5.98. The number of ether oxygens (including phenoxy) is 1. The van der Waals surface area contributed by atoms with E-state index in [4.69, 9.17) is 0 Å². The van der Waals surface area contributed by atoms with Crippen LogP contribution in [0, 0.1) is 6.92 Å². The molecular weight excluding hydrogens is 314 g/mol. The number of nitrogens with zero attached hydrogens (tertiary/aromatic N) is 1. The molecule has 3 nitrogen and oxygen atoms in total. The number of esters is 1. The molecule has 18 heavy (non-hydrogen) atoms. The fraction of sp³-hybridized carbons (Fsp3) is 0.231. The Balaban J connectivity index is 2.32. The van der Waals surface area contributed by atoms with E-state index < -0.39 is 0 Å². The number of rotatable bonds is 3. The Bertz CT molecular complexity index is 580. The average molecular weight is 326 g/mol. The van der Waals surface area contributed by atoms with Crippen molar-refractivity contribution in [1.29, 1.82) is 0 Å². The van der Waals surface area contributed by atoms with Gasteiger partial charge in [0.15, 0.2) is 0 Å². The number of hydrogen-bond acceptors (Lipinski definition) is 4. The summed E-state index contributed by atoms with van der Waals surface area (Å²) in [6.45, 7) is 2.01. The highest BCUT2D eigenvalue weighted by molar-refractivity contribution is 9.10. The number of hydrogen-bond donors (Lipinski definition) is 0. The summed E-state index contributed by atoms with van der Waals surface area (Å²) in [4.78, 5) is 16.8. The maximum Gasteiger partial charge on any atom is 0.312 e. The third-order valence-corrected chi connectivity index (χ3v) is 3.93. The number of carbonyl (C=O) groups excluding carboxylic acids is 1. The minimum absolute atomic E-state index is 0.232. The van der Waals surface area contributed by atoms with Crippen molar-refractivity contribution in [3.05, 3.63) is 38.6 Å². The molecule has 0 spiro atoms. The molecular formula is C13H12BrNO2S. The van der Waals surface area contributed by atoms with E-state index in [1.165, 1.54) is 18.4 Å². The molecule has 5 heteroatoms. The van der Waals surface area contributed by atoms with Gasteiger partial charge in [0.2, 0.25) is 0 Å². The van der Waals surface area contributed by atoms with Crippen LogP contribution in [-0.4, -0.2) is 18.1 Å². The first kappa shape index (κ1) is 13.2. The second-order valence-electron chi connectivity index (χ2n) is 3.78. The SMILES string of the molecule is COC(=O)Cc1nc(-c2cccc(Br)c2)c(C)s1. The summed E-state index contributed by atoms with van der Waals surface area (Å²) in [6, 6.07) is 7.97. The minimum Gasteiger partial charge on any atom is -0.469 e. The first-order valence-corrected chi connectivity index (χ1v) is 7.00. The molecule has 2 aromatic rings. The van der Waals surface area contributed by atoms with E-state index in [1.807, 2.05) is 31.2 Å². The molecule has 0 atom stereocenters. The molecule has 1 aromatic heterocycles. The topological polar surface area (TPSA) is 39.2 Å². The molecule has 1 aromatic carbocycles. The number of aromatic nitrogens is 1. The Morgan fingerprint density at radius 1 is 1.50 bits per heavy atom. The molecule has 2 rings (SSSR count). The van der Waals surface area contributed by atoms with E-state index in [1.54, 1.807) is 0 Å². The molecule has 0 N–H and O–H groups in total. The summed E-state index contributed by atoms with van der Waals surface area (Å²) < 4.78 is 5.66. The van der Waals surface area contributed by atoms with Crippen LogP contribution in [0.4, 0.5) is 0 Å². The van der Waals surface area contributed by atoms with Gasteiger partial charge in [-0.05, 0) is 19.1 Å². The van der Waals surface area contributed by atoms with Gasteiger partial charge in [0.25, 0.3) is 0 Å². The van der Waals surface area contributed by atoms with Crippen molar-refractivity contribution in [3.63, 3.8) is 0 Å².